The maximum Gasteiger partial charge on any atom is 0.119 e. The third-order valence-electron chi connectivity index (χ3n) is 2.94. The molecule has 1 unspecified atom stereocenters. The first-order valence-corrected chi connectivity index (χ1v) is 6.10. The molecule has 0 aliphatic carbocycles. The zero-order valence-corrected chi connectivity index (χ0v) is 10.8. The van der Waals surface area contributed by atoms with E-state index in [1.807, 2.05) is 56.3 Å². The molecule has 1 atom stereocenters. The van der Waals surface area contributed by atoms with Crippen LogP contribution in [0.5, 0.6) is 5.75 Å². The van der Waals surface area contributed by atoms with E-state index in [4.69, 9.17) is 4.74 Å². The van der Waals surface area contributed by atoms with Crippen LogP contribution in [0.15, 0.2) is 48.5 Å². The van der Waals surface area contributed by atoms with E-state index in [1.54, 1.807) is 0 Å². The normalized spacial score (nSPS) is 12.2. The van der Waals surface area contributed by atoms with Gasteiger partial charge in [-0.2, -0.15) is 0 Å². The number of ether oxygens (including phenoxy) is 1. The van der Waals surface area contributed by atoms with Crippen molar-refractivity contribution in [2.75, 3.05) is 6.61 Å². The Kier molecular flexibility index (Phi) is 4.00. The van der Waals surface area contributed by atoms with Crippen molar-refractivity contribution < 1.29 is 9.84 Å². The van der Waals surface area contributed by atoms with Crippen LogP contribution in [0.4, 0.5) is 0 Å². The van der Waals surface area contributed by atoms with E-state index in [0.29, 0.717) is 0 Å². The van der Waals surface area contributed by atoms with Crippen LogP contribution >= 0.6 is 0 Å². The summed E-state index contributed by atoms with van der Waals surface area (Å²) >= 11 is 0. The van der Waals surface area contributed by atoms with Crippen molar-refractivity contribution in [2.24, 2.45) is 0 Å². The van der Waals surface area contributed by atoms with Crippen LogP contribution in [0.2, 0.25) is 0 Å². The van der Waals surface area contributed by atoms with Gasteiger partial charge in [-0.25, -0.2) is 0 Å². The quantitative estimate of drug-likeness (QED) is 0.890. The molecule has 0 aromatic heterocycles. The van der Waals surface area contributed by atoms with Crippen molar-refractivity contribution in [1.82, 2.24) is 0 Å². The van der Waals surface area contributed by atoms with Gasteiger partial charge in [0.15, 0.2) is 0 Å². The summed E-state index contributed by atoms with van der Waals surface area (Å²) in [4.78, 5) is 0. The molecule has 0 amide bonds. The number of rotatable bonds is 4. The van der Waals surface area contributed by atoms with Crippen LogP contribution in [0.25, 0.3) is 0 Å². The number of benzene rings is 2. The molecule has 0 saturated carbocycles. The fourth-order valence-electron chi connectivity index (χ4n) is 1.98. The van der Waals surface area contributed by atoms with Crippen molar-refractivity contribution in [3.05, 3.63) is 65.2 Å². The lowest BCUT2D eigenvalue weighted by atomic mass is 10.0. The van der Waals surface area contributed by atoms with Gasteiger partial charge in [-0.15, -0.1) is 0 Å². The standard InChI is InChI=1S/C16H18O2/c1-12-8-9-15(13(2)10-12)16(17)11-18-14-6-4-3-5-7-14/h3-10,16-17H,11H2,1-2H3. The molecule has 0 radical (unpaired) electrons. The molecule has 1 N–H and O–H groups in total. The van der Waals surface area contributed by atoms with Gasteiger partial charge in [-0.3, -0.25) is 0 Å². The monoisotopic (exact) mass is 242 g/mol. The smallest absolute Gasteiger partial charge is 0.119 e. The maximum absolute atomic E-state index is 10.1. The molecule has 94 valence electrons. The van der Waals surface area contributed by atoms with Gasteiger partial charge in [0.25, 0.3) is 0 Å². The van der Waals surface area contributed by atoms with Gasteiger partial charge >= 0.3 is 0 Å². The van der Waals surface area contributed by atoms with E-state index >= 15 is 0 Å². The Hall–Kier alpha value is -1.80. The van der Waals surface area contributed by atoms with Gasteiger partial charge in [0.2, 0.25) is 0 Å². The molecule has 0 saturated heterocycles. The highest BCUT2D eigenvalue weighted by Gasteiger charge is 2.11. The van der Waals surface area contributed by atoms with Crippen LogP contribution in [0.1, 0.15) is 22.8 Å². The molecule has 0 fully saturated rings. The maximum atomic E-state index is 10.1. The van der Waals surface area contributed by atoms with Crippen molar-refractivity contribution in [3.63, 3.8) is 0 Å². The largest absolute Gasteiger partial charge is 0.491 e. The van der Waals surface area contributed by atoms with E-state index in [1.165, 1.54) is 5.56 Å². The first-order chi connectivity index (χ1) is 8.66. The average Bonchev–Trinajstić information content (AvgIpc) is 2.37. The molecular weight excluding hydrogens is 224 g/mol. The van der Waals surface area contributed by atoms with Gasteiger partial charge in [0, 0.05) is 0 Å². The Balaban J connectivity index is 2.01. The van der Waals surface area contributed by atoms with Gasteiger partial charge in [0.1, 0.15) is 18.5 Å². The summed E-state index contributed by atoms with van der Waals surface area (Å²) < 4.78 is 5.56. The van der Waals surface area contributed by atoms with E-state index < -0.39 is 6.10 Å². The molecular formula is C16H18O2. The van der Waals surface area contributed by atoms with Gasteiger partial charge < -0.3 is 9.84 Å². The third kappa shape index (κ3) is 3.11. The number of hydrogen-bond acceptors (Lipinski definition) is 2. The number of para-hydroxylation sites is 1. The third-order valence-corrected chi connectivity index (χ3v) is 2.94. The predicted molar refractivity (Wildman–Crippen MR) is 72.8 cm³/mol. The Bertz CT molecular complexity index is 506. The number of aliphatic hydroxyl groups is 1. The van der Waals surface area contributed by atoms with Crippen LogP contribution in [-0.4, -0.2) is 11.7 Å². The zero-order chi connectivity index (χ0) is 13.0. The summed E-state index contributed by atoms with van der Waals surface area (Å²) in [6.45, 7) is 4.33. The summed E-state index contributed by atoms with van der Waals surface area (Å²) in [7, 11) is 0. The zero-order valence-electron chi connectivity index (χ0n) is 10.8. The average molecular weight is 242 g/mol. The second-order valence-electron chi connectivity index (χ2n) is 4.50. The molecule has 2 nitrogen and oxygen atoms in total. The van der Waals surface area contributed by atoms with E-state index in [-0.39, 0.29) is 6.61 Å². The van der Waals surface area contributed by atoms with Crippen LogP contribution in [0.3, 0.4) is 0 Å². The van der Waals surface area contributed by atoms with Crippen molar-refractivity contribution in [1.29, 1.82) is 0 Å². The lowest BCUT2D eigenvalue weighted by Crippen LogP contribution is -2.11. The number of aryl methyl sites for hydroxylation is 2. The molecule has 2 aromatic rings. The summed E-state index contributed by atoms with van der Waals surface area (Å²) in [5.74, 6) is 0.779. The summed E-state index contributed by atoms with van der Waals surface area (Å²) in [5.41, 5.74) is 3.23. The minimum Gasteiger partial charge on any atom is -0.491 e. The van der Waals surface area contributed by atoms with Crippen LogP contribution in [-0.2, 0) is 0 Å². The minimum absolute atomic E-state index is 0.272. The SMILES string of the molecule is Cc1ccc(C(O)COc2ccccc2)c(C)c1. The second-order valence-corrected chi connectivity index (χ2v) is 4.50. The Morgan fingerprint density at radius 2 is 1.78 bits per heavy atom. The lowest BCUT2D eigenvalue weighted by molar-refractivity contribution is 0.107. The van der Waals surface area contributed by atoms with E-state index in [2.05, 4.69) is 6.07 Å². The molecule has 18 heavy (non-hydrogen) atoms. The van der Waals surface area contributed by atoms with Crippen molar-refractivity contribution in [2.45, 2.75) is 20.0 Å². The molecule has 2 rings (SSSR count). The first kappa shape index (κ1) is 12.7. The van der Waals surface area contributed by atoms with E-state index in [9.17, 15) is 5.11 Å². The van der Waals surface area contributed by atoms with Crippen LogP contribution in [0, 0.1) is 13.8 Å². The first-order valence-electron chi connectivity index (χ1n) is 6.10. The predicted octanol–water partition coefficient (Wildman–Crippen LogP) is 3.42. The number of hydrogen-bond donors (Lipinski definition) is 1. The molecule has 2 aromatic carbocycles. The highest BCUT2D eigenvalue weighted by molar-refractivity contribution is 5.32. The Morgan fingerprint density at radius 1 is 1.06 bits per heavy atom. The molecule has 0 aliphatic heterocycles. The molecule has 2 heteroatoms. The molecule has 0 aliphatic rings. The van der Waals surface area contributed by atoms with Gasteiger partial charge in [-0.05, 0) is 37.1 Å². The Labute approximate surface area is 108 Å². The molecule has 0 bridgehead atoms. The minimum atomic E-state index is -0.592. The fraction of sp³-hybridized carbons (Fsp3) is 0.250. The summed E-state index contributed by atoms with van der Waals surface area (Å²) in [6, 6.07) is 15.6. The fourth-order valence-corrected chi connectivity index (χ4v) is 1.98. The van der Waals surface area contributed by atoms with Crippen molar-refractivity contribution >= 4 is 0 Å². The highest BCUT2D eigenvalue weighted by atomic mass is 16.5. The lowest BCUT2D eigenvalue weighted by Gasteiger charge is -2.15. The van der Waals surface area contributed by atoms with E-state index in [0.717, 1.165) is 16.9 Å². The summed E-state index contributed by atoms with van der Waals surface area (Å²) in [6.07, 6.45) is -0.592. The van der Waals surface area contributed by atoms with Crippen molar-refractivity contribution in [3.8, 4) is 5.75 Å². The molecule has 0 heterocycles. The Morgan fingerprint density at radius 3 is 2.44 bits per heavy atom. The number of aliphatic hydroxyl groups excluding tert-OH is 1. The van der Waals surface area contributed by atoms with Gasteiger partial charge in [-0.1, -0.05) is 42.0 Å². The van der Waals surface area contributed by atoms with Gasteiger partial charge in [0.05, 0.1) is 0 Å². The highest BCUT2D eigenvalue weighted by Crippen LogP contribution is 2.20. The summed E-state index contributed by atoms with van der Waals surface area (Å²) in [5, 5.41) is 10.1. The van der Waals surface area contributed by atoms with Crippen LogP contribution < -0.4 is 4.74 Å². The topological polar surface area (TPSA) is 29.5 Å². The second kappa shape index (κ2) is 5.69. The molecule has 0 spiro atoms.